The second-order valence-electron chi connectivity index (χ2n) is 6.23. The number of hydrogen-bond acceptors (Lipinski definition) is 8. The maximum atomic E-state index is 10.6. The second kappa shape index (κ2) is 14.3. The van der Waals surface area contributed by atoms with Crippen LogP contribution in [0.25, 0.3) is 12.2 Å². The highest BCUT2D eigenvalue weighted by molar-refractivity contribution is 6.66. The summed E-state index contributed by atoms with van der Waals surface area (Å²) in [6.07, 6.45) is 5.32. The van der Waals surface area contributed by atoms with Crippen molar-refractivity contribution in [1.82, 2.24) is 0 Å². The maximum absolute atomic E-state index is 10.6. The third kappa shape index (κ3) is 8.25. The Labute approximate surface area is 203 Å². The van der Waals surface area contributed by atoms with E-state index in [2.05, 4.69) is 0 Å². The molecule has 2 rings (SSSR count). The number of rotatable bonds is 10. The van der Waals surface area contributed by atoms with Gasteiger partial charge in [0.05, 0.1) is 42.7 Å². The highest BCUT2D eigenvalue weighted by Crippen LogP contribution is 2.39. The molecule has 0 fully saturated rings. The first-order valence-corrected chi connectivity index (χ1v) is 10.0. The average Bonchev–Trinajstić information content (AvgIpc) is 2.84. The van der Waals surface area contributed by atoms with Crippen molar-refractivity contribution in [2.45, 2.75) is 0 Å². The minimum atomic E-state index is -1.02. The standard InChI is InChI=1S/C12H13ClO4.C12H14O5/c2*1-15-9-6-8(4-5-11(13)14)7-10(16-2)12(9)17-3/h4-7H,1-3H3;4-7H,1-3H3,(H,13,14)/b2*5-4+. The molecule has 0 saturated carbocycles. The van der Waals surface area contributed by atoms with Crippen molar-refractivity contribution in [3.05, 3.63) is 47.5 Å². The third-order valence-electron chi connectivity index (χ3n) is 4.20. The largest absolute Gasteiger partial charge is 0.493 e. The number of carbonyl (C=O) groups is 2. The zero-order chi connectivity index (χ0) is 25.7. The number of carboxylic acids is 1. The molecule has 34 heavy (non-hydrogen) atoms. The Morgan fingerprint density at radius 2 is 0.971 bits per heavy atom. The molecular weight excluding hydrogens is 468 g/mol. The van der Waals surface area contributed by atoms with Crippen molar-refractivity contribution >= 4 is 35.0 Å². The maximum Gasteiger partial charge on any atom is 0.328 e. The minimum Gasteiger partial charge on any atom is -0.493 e. The van der Waals surface area contributed by atoms with E-state index in [1.54, 1.807) is 30.3 Å². The summed E-state index contributed by atoms with van der Waals surface area (Å²) in [4.78, 5) is 21.1. The molecule has 0 spiro atoms. The first-order chi connectivity index (χ1) is 16.2. The van der Waals surface area contributed by atoms with E-state index in [1.165, 1.54) is 54.8 Å². The number of methoxy groups -OCH3 is 6. The quantitative estimate of drug-likeness (QED) is 0.381. The first-order valence-electron chi connectivity index (χ1n) is 9.63. The first kappa shape index (κ1) is 28.2. The predicted octanol–water partition coefficient (Wildman–Crippen LogP) is 4.30. The normalized spacial score (nSPS) is 10.3. The Morgan fingerprint density at radius 1 is 0.647 bits per heavy atom. The fourth-order valence-corrected chi connectivity index (χ4v) is 2.79. The van der Waals surface area contributed by atoms with Gasteiger partial charge >= 0.3 is 5.97 Å². The van der Waals surface area contributed by atoms with Gasteiger partial charge in [-0.2, -0.15) is 0 Å². The second-order valence-corrected chi connectivity index (χ2v) is 6.60. The van der Waals surface area contributed by atoms with Crippen molar-refractivity contribution in [3.63, 3.8) is 0 Å². The molecule has 2 aromatic rings. The van der Waals surface area contributed by atoms with E-state index >= 15 is 0 Å². The molecule has 184 valence electrons. The third-order valence-corrected chi connectivity index (χ3v) is 4.33. The van der Waals surface area contributed by atoms with Gasteiger partial charge in [0.25, 0.3) is 0 Å². The van der Waals surface area contributed by atoms with Crippen molar-refractivity contribution < 1.29 is 43.1 Å². The lowest BCUT2D eigenvalue weighted by atomic mass is 10.1. The summed E-state index contributed by atoms with van der Waals surface area (Å²) in [6.45, 7) is 0. The highest BCUT2D eigenvalue weighted by Gasteiger charge is 2.13. The van der Waals surface area contributed by atoms with E-state index in [0.717, 1.165) is 11.6 Å². The molecule has 0 aliphatic heterocycles. The van der Waals surface area contributed by atoms with Crippen LogP contribution >= 0.6 is 11.6 Å². The van der Waals surface area contributed by atoms with E-state index in [9.17, 15) is 9.59 Å². The van der Waals surface area contributed by atoms with Gasteiger partial charge in [-0.15, -0.1) is 0 Å². The van der Waals surface area contributed by atoms with E-state index in [0.29, 0.717) is 40.1 Å². The van der Waals surface area contributed by atoms with Gasteiger partial charge in [0.1, 0.15) is 0 Å². The smallest absolute Gasteiger partial charge is 0.328 e. The Hall–Kier alpha value is -3.85. The van der Waals surface area contributed by atoms with Gasteiger partial charge in [-0.1, -0.05) is 0 Å². The summed E-state index contributed by atoms with van der Waals surface area (Å²) in [6, 6.07) is 6.77. The molecule has 0 radical (unpaired) electrons. The van der Waals surface area contributed by atoms with Gasteiger partial charge < -0.3 is 33.5 Å². The molecule has 0 aliphatic rings. The van der Waals surface area contributed by atoms with Gasteiger partial charge in [0.15, 0.2) is 23.0 Å². The van der Waals surface area contributed by atoms with Crippen molar-refractivity contribution in [1.29, 1.82) is 0 Å². The van der Waals surface area contributed by atoms with Crippen LogP contribution in [0.15, 0.2) is 36.4 Å². The predicted molar refractivity (Wildman–Crippen MR) is 129 cm³/mol. The Balaban J connectivity index is 0.000000340. The molecular formula is C24H27ClO9. The summed E-state index contributed by atoms with van der Waals surface area (Å²) < 4.78 is 30.9. The summed E-state index contributed by atoms with van der Waals surface area (Å²) in [5.41, 5.74) is 1.38. The van der Waals surface area contributed by atoms with Crippen LogP contribution in [0.2, 0.25) is 0 Å². The molecule has 0 heterocycles. The van der Waals surface area contributed by atoms with Crippen LogP contribution in [0.5, 0.6) is 34.5 Å². The van der Waals surface area contributed by atoms with Crippen LogP contribution in [-0.4, -0.2) is 59.0 Å². The number of benzene rings is 2. The molecule has 0 amide bonds. The molecule has 0 aliphatic carbocycles. The summed E-state index contributed by atoms with van der Waals surface area (Å²) >= 11 is 5.22. The molecule has 1 N–H and O–H groups in total. The zero-order valence-electron chi connectivity index (χ0n) is 19.7. The summed E-state index contributed by atoms with van der Waals surface area (Å²) in [5.74, 6) is 1.97. The van der Waals surface area contributed by atoms with Crippen molar-refractivity contribution in [2.24, 2.45) is 0 Å². The van der Waals surface area contributed by atoms with Gasteiger partial charge in [-0.05, 0) is 65.2 Å². The molecule has 0 unspecified atom stereocenters. The van der Waals surface area contributed by atoms with Gasteiger partial charge in [0, 0.05) is 6.08 Å². The monoisotopic (exact) mass is 494 g/mol. The number of hydrogen-bond donors (Lipinski definition) is 1. The number of allylic oxidation sites excluding steroid dienone is 1. The summed E-state index contributed by atoms with van der Waals surface area (Å²) in [7, 11) is 9.09. The topological polar surface area (TPSA) is 110 Å². The number of carboxylic acid groups (broad SMARTS) is 1. The summed E-state index contributed by atoms with van der Waals surface area (Å²) in [5, 5.41) is 8.01. The fraction of sp³-hybridized carbons (Fsp3) is 0.250. The van der Waals surface area contributed by atoms with E-state index in [1.807, 2.05) is 0 Å². The van der Waals surface area contributed by atoms with Crippen molar-refractivity contribution in [3.8, 4) is 34.5 Å². The van der Waals surface area contributed by atoms with Crippen molar-refractivity contribution in [2.75, 3.05) is 42.7 Å². The lowest BCUT2D eigenvalue weighted by Crippen LogP contribution is -1.95. The molecule has 10 heteroatoms. The Morgan fingerprint density at radius 3 is 1.21 bits per heavy atom. The highest BCUT2D eigenvalue weighted by atomic mass is 35.5. The SMILES string of the molecule is COc1cc(/C=C/C(=O)Cl)cc(OC)c1OC.COc1cc(/C=C/C(=O)O)cc(OC)c1OC. The number of aliphatic carboxylic acids is 1. The van der Waals surface area contributed by atoms with Crippen LogP contribution in [0, 0.1) is 0 Å². The number of halogens is 1. The Kier molecular flexibility index (Phi) is 11.9. The lowest BCUT2D eigenvalue weighted by molar-refractivity contribution is -0.131. The molecule has 0 saturated heterocycles. The Bertz CT molecular complexity index is 911. The van der Waals surface area contributed by atoms with Crippen LogP contribution in [0.3, 0.4) is 0 Å². The van der Waals surface area contributed by atoms with Gasteiger partial charge in [-0.3, -0.25) is 4.79 Å². The molecule has 2 aromatic carbocycles. The van der Waals surface area contributed by atoms with Gasteiger partial charge in [0.2, 0.25) is 16.7 Å². The van der Waals surface area contributed by atoms with Gasteiger partial charge in [-0.25, -0.2) is 4.79 Å². The lowest BCUT2D eigenvalue weighted by Gasteiger charge is -2.12. The number of carbonyl (C=O) groups excluding carboxylic acids is 1. The number of ether oxygens (including phenoxy) is 6. The van der Waals surface area contributed by atoms with Crippen LogP contribution < -0.4 is 28.4 Å². The molecule has 9 nitrogen and oxygen atoms in total. The zero-order valence-corrected chi connectivity index (χ0v) is 20.5. The van der Waals surface area contributed by atoms with Crippen LogP contribution in [0.1, 0.15) is 11.1 Å². The fourth-order valence-electron chi connectivity index (χ4n) is 2.72. The average molecular weight is 495 g/mol. The van der Waals surface area contributed by atoms with E-state index in [-0.39, 0.29) is 0 Å². The molecule has 0 atom stereocenters. The van der Waals surface area contributed by atoms with E-state index < -0.39 is 11.2 Å². The molecule has 0 aromatic heterocycles. The van der Waals surface area contributed by atoms with Crippen LogP contribution in [-0.2, 0) is 9.59 Å². The minimum absolute atomic E-state index is 0.475. The molecule has 0 bridgehead atoms. The van der Waals surface area contributed by atoms with Crippen LogP contribution in [0.4, 0.5) is 0 Å². The van der Waals surface area contributed by atoms with E-state index in [4.69, 9.17) is 45.1 Å².